The van der Waals surface area contributed by atoms with Gasteiger partial charge < -0.3 is 10.1 Å². The van der Waals surface area contributed by atoms with E-state index < -0.39 is 29.0 Å². The molecule has 1 aliphatic heterocycles. The Morgan fingerprint density at radius 2 is 2.22 bits per heavy atom. The number of rotatable bonds is 5. The number of hydrogen-bond donors (Lipinski definition) is 2. The van der Waals surface area contributed by atoms with Crippen molar-refractivity contribution in [1.29, 1.82) is 0 Å². The van der Waals surface area contributed by atoms with E-state index >= 15 is 0 Å². The Kier molecular flexibility index (Phi) is 4.94. The summed E-state index contributed by atoms with van der Waals surface area (Å²) < 4.78 is 18.8. The molecule has 2 N–H and O–H groups in total. The Labute approximate surface area is 108 Å². The Morgan fingerprint density at radius 3 is 2.78 bits per heavy atom. The van der Waals surface area contributed by atoms with Crippen molar-refractivity contribution in [3.8, 4) is 0 Å². The van der Waals surface area contributed by atoms with E-state index in [2.05, 4.69) is 10.1 Å². The van der Waals surface area contributed by atoms with Crippen molar-refractivity contribution in [2.75, 3.05) is 12.9 Å². The van der Waals surface area contributed by atoms with Crippen LogP contribution in [0.1, 0.15) is 19.8 Å². The molecule has 0 saturated carbocycles. The SMILES string of the molecule is CCCCSC1NC(=O)NC(=O)C1(F)C(=O)OC. The van der Waals surface area contributed by atoms with Gasteiger partial charge in [0.25, 0.3) is 5.91 Å². The van der Waals surface area contributed by atoms with E-state index in [1.165, 1.54) is 0 Å². The lowest BCUT2D eigenvalue weighted by Gasteiger charge is -2.33. The zero-order valence-electron chi connectivity index (χ0n) is 10.1. The topological polar surface area (TPSA) is 84.5 Å². The fraction of sp³-hybridized carbons (Fsp3) is 0.700. The van der Waals surface area contributed by atoms with Crippen LogP contribution in [-0.2, 0) is 14.3 Å². The van der Waals surface area contributed by atoms with E-state index in [4.69, 9.17) is 0 Å². The number of nitrogens with one attached hydrogen (secondary N) is 2. The Hall–Kier alpha value is -1.31. The van der Waals surface area contributed by atoms with Crippen LogP contribution in [0.15, 0.2) is 0 Å². The van der Waals surface area contributed by atoms with Gasteiger partial charge in [-0.2, -0.15) is 0 Å². The number of amides is 3. The van der Waals surface area contributed by atoms with E-state index in [9.17, 15) is 18.8 Å². The van der Waals surface area contributed by atoms with Gasteiger partial charge in [0.2, 0.25) is 0 Å². The largest absolute Gasteiger partial charge is 0.466 e. The molecule has 2 atom stereocenters. The summed E-state index contributed by atoms with van der Waals surface area (Å²) in [6.45, 7) is 1.95. The number of carbonyl (C=O) groups is 3. The standard InChI is InChI=1S/C10H15FN2O4S/c1-3-4-5-18-7-10(11,8(15)17-2)6(14)12-9(16)13-7/h7H,3-5H2,1-2H3,(H2,12,13,14,16). The van der Waals surface area contributed by atoms with Crippen LogP contribution in [-0.4, -0.2) is 41.8 Å². The minimum absolute atomic E-state index is 0.525. The quantitative estimate of drug-likeness (QED) is 0.436. The van der Waals surface area contributed by atoms with Gasteiger partial charge in [0.1, 0.15) is 5.37 Å². The molecule has 3 amide bonds. The summed E-state index contributed by atoms with van der Waals surface area (Å²) in [5, 5.41) is 2.69. The third-order valence-corrected chi connectivity index (χ3v) is 3.75. The van der Waals surface area contributed by atoms with E-state index in [0.717, 1.165) is 31.7 Å². The van der Waals surface area contributed by atoms with Crippen molar-refractivity contribution in [1.82, 2.24) is 10.6 Å². The van der Waals surface area contributed by atoms with Crippen molar-refractivity contribution in [3.63, 3.8) is 0 Å². The Morgan fingerprint density at radius 1 is 1.56 bits per heavy atom. The Bertz CT molecular complexity index is 366. The molecule has 0 aromatic rings. The number of carbonyl (C=O) groups excluding carboxylic acids is 3. The maximum atomic E-state index is 14.5. The smallest absolute Gasteiger partial charge is 0.356 e. The van der Waals surface area contributed by atoms with Crippen LogP contribution >= 0.6 is 11.8 Å². The zero-order chi connectivity index (χ0) is 13.8. The molecule has 0 spiro atoms. The summed E-state index contributed by atoms with van der Waals surface area (Å²) in [4.78, 5) is 34.1. The van der Waals surface area contributed by atoms with E-state index in [0.29, 0.717) is 5.75 Å². The fourth-order valence-electron chi connectivity index (χ4n) is 1.42. The van der Waals surface area contributed by atoms with Crippen LogP contribution in [0, 0.1) is 0 Å². The molecule has 1 heterocycles. The zero-order valence-corrected chi connectivity index (χ0v) is 10.9. The highest BCUT2D eigenvalue weighted by molar-refractivity contribution is 8.00. The van der Waals surface area contributed by atoms with Gasteiger partial charge >= 0.3 is 17.7 Å². The summed E-state index contributed by atoms with van der Waals surface area (Å²) in [7, 11) is 0.987. The van der Waals surface area contributed by atoms with Gasteiger partial charge in [-0.05, 0) is 12.2 Å². The van der Waals surface area contributed by atoms with Crippen LogP contribution in [0.25, 0.3) is 0 Å². The molecule has 0 aromatic heterocycles. The highest BCUT2D eigenvalue weighted by atomic mass is 32.2. The first-order valence-corrected chi connectivity index (χ1v) is 6.52. The first-order valence-electron chi connectivity index (χ1n) is 5.47. The van der Waals surface area contributed by atoms with Crippen LogP contribution in [0.3, 0.4) is 0 Å². The monoisotopic (exact) mass is 278 g/mol. The van der Waals surface area contributed by atoms with Crippen molar-refractivity contribution in [2.24, 2.45) is 0 Å². The number of hydrogen-bond acceptors (Lipinski definition) is 5. The average Bonchev–Trinajstić information content (AvgIpc) is 2.34. The lowest BCUT2D eigenvalue weighted by Crippen LogP contribution is -2.69. The third kappa shape index (κ3) is 2.74. The molecule has 6 nitrogen and oxygen atoms in total. The van der Waals surface area contributed by atoms with Gasteiger partial charge in [0.05, 0.1) is 7.11 Å². The normalized spacial score (nSPS) is 27.4. The number of ether oxygens (including phenoxy) is 1. The molecule has 1 fully saturated rings. The maximum absolute atomic E-state index is 14.5. The molecule has 1 rings (SSSR count). The number of urea groups is 1. The van der Waals surface area contributed by atoms with Gasteiger partial charge in [0.15, 0.2) is 0 Å². The number of unbranched alkanes of at least 4 members (excludes halogenated alkanes) is 1. The van der Waals surface area contributed by atoms with Crippen molar-refractivity contribution >= 4 is 29.7 Å². The second-order valence-corrected chi connectivity index (χ2v) is 4.95. The minimum atomic E-state index is -2.89. The predicted molar refractivity (Wildman–Crippen MR) is 63.7 cm³/mol. The van der Waals surface area contributed by atoms with Crippen molar-refractivity contribution < 1.29 is 23.5 Å². The molecule has 8 heteroatoms. The summed E-state index contributed by atoms with van der Waals surface area (Å²) in [6.07, 6.45) is 1.67. The number of methoxy groups -OCH3 is 1. The van der Waals surface area contributed by atoms with Gasteiger partial charge in [-0.25, -0.2) is 14.0 Å². The molecule has 1 aliphatic rings. The van der Waals surface area contributed by atoms with Crippen molar-refractivity contribution in [3.05, 3.63) is 0 Å². The van der Waals surface area contributed by atoms with Crippen molar-refractivity contribution in [2.45, 2.75) is 30.8 Å². The summed E-state index contributed by atoms with van der Waals surface area (Å²) in [6, 6.07) is -0.814. The van der Waals surface area contributed by atoms with Crippen LogP contribution in [0.2, 0.25) is 0 Å². The number of halogens is 1. The highest BCUT2D eigenvalue weighted by Gasteiger charge is 2.58. The summed E-state index contributed by atoms with van der Waals surface area (Å²) in [5.41, 5.74) is -2.89. The van der Waals surface area contributed by atoms with Crippen LogP contribution < -0.4 is 10.6 Å². The van der Waals surface area contributed by atoms with Crippen LogP contribution in [0.4, 0.5) is 9.18 Å². The molecular weight excluding hydrogens is 263 g/mol. The second-order valence-electron chi connectivity index (χ2n) is 3.74. The van der Waals surface area contributed by atoms with Gasteiger partial charge in [-0.1, -0.05) is 13.3 Å². The van der Waals surface area contributed by atoms with E-state index in [1.54, 1.807) is 5.32 Å². The highest BCUT2D eigenvalue weighted by Crippen LogP contribution is 2.30. The molecular formula is C10H15FN2O4S. The number of alkyl halides is 1. The molecule has 0 radical (unpaired) electrons. The molecule has 0 aromatic carbocycles. The second kappa shape index (κ2) is 6.03. The lowest BCUT2D eigenvalue weighted by molar-refractivity contribution is -0.161. The lowest BCUT2D eigenvalue weighted by atomic mass is 10.0. The van der Waals surface area contributed by atoms with E-state index in [-0.39, 0.29) is 0 Å². The van der Waals surface area contributed by atoms with Gasteiger partial charge in [-0.15, -0.1) is 11.8 Å². The Balaban J connectivity index is 2.88. The summed E-state index contributed by atoms with van der Waals surface area (Å²) in [5.74, 6) is -2.07. The average molecular weight is 278 g/mol. The molecule has 1 saturated heterocycles. The molecule has 102 valence electrons. The summed E-state index contributed by atoms with van der Waals surface area (Å²) >= 11 is 1.01. The molecule has 2 unspecified atom stereocenters. The number of thioether (sulfide) groups is 1. The van der Waals surface area contributed by atoms with Gasteiger partial charge in [-0.3, -0.25) is 10.1 Å². The maximum Gasteiger partial charge on any atom is 0.356 e. The fourth-order valence-corrected chi connectivity index (χ4v) is 2.73. The minimum Gasteiger partial charge on any atom is -0.466 e. The molecule has 0 aliphatic carbocycles. The number of imide groups is 1. The third-order valence-electron chi connectivity index (χ3n) is 2.45. The van der Waals surface area contributed by atoms with Crippen LogP contribution in [0.5, 0.6) is 0 Å². The molecule has 0 bridgehead atoms. The number of esters is 1. The van der Waals surface area contributed by atoms with Gasteiger partial charge in [0, 0.05) is 0 Å². The first-order chi connectivity index (χ1) is 8.46. The van der Waals surface area contributed by atoms with E-state index in [1.807, 2.05) is 6.92 Å². The molecule has 18 heavy (non-hydrogen) atoms. The first kappa shape index (κ1) is 14.7. The predicted octanol–water partition coefficient (Wildman–Crippen LogP) is 0.566.